The van der Waals surface area contributed by atoms with Crippen LogP contribution in [0.1, 0.15) is 62.1 Å². The monoisotopic (exact) mass is 261 g/mol. The number of rotatable bonds is 4. The minimum absolute atomic E-state index is 0.000135. The third-order valence-corrected chi connectivity index (χ3v) is 4.25. The summed E-state index contributed by atoms with van der Waals surface area (Å²) in [5.41, 5.74) is 8.33. The smallest absolute Gasteiger partial charge is 0.305 e. The van der Waals surface area contributed by atoms with Gasteiger partial charge < -0.3 is 10.8 Å². The summed E-state index contributed by atoms with van der Waals surface area (Å²) < 4.78 is 0. The lowest BCUT2D eigenvalue weighted by atomic mass is 9.77. The van der Waals surface area contributed by atoms with Crippen LogP contribution < -0.4 is 5.73 Å². The summed E-state index contributed by atoms with van der Waals surface area (Å²) in [4.78, 5) is 10.8. The van der Waals surface area contributed by atoms with Crippen molar-refractivity contribution in [1.29, 1.82) is 0 Å². The summed E-state index contributed by atoms with van der Waals surface area (Å²) >= 11 is 0. The molecule has 3 nitrogen and oxygen atoms in total. The first-order valence-electron chi connectivity index (χ1n) is 7.14. The number of nitrogens with two attached hydrogens (primary N) is 1. The predicted molar refractivity (Wildman–Crippen MR) is 76.0 cm³/mol. The molecular formula is C16H23NO2. The molecule has 1 aliphatic rings. The van der Waals surface area contributed by atoms with E-state index < -0.39 is 12.0 Å². The Labute approximate surface area is 114 Å². The fourth-order valence-electron chi connectivity index (χ4n) is 3.09. The molecule has 1 aliphatic carbocycles. The second-order valence-electron chi connectivity index (χ2n) is 5.79. The highest BCUT2D eigenvalue weighted by Crippen LogP contribution is 2.38. The van der Waals surface area contributed by atoms with Crippen LogP contribution in [0.2, 0.25) is 0 Å². The molecule has 0 saturated heterocycles. The zero-order chi connectivity index (χ0) is 13.8. The molecule has 0 bridgehead atoms. The van der Waals surface area contributed by atoms with E-state index in [4.69, 9.17) is 10.8 Å². The topological polar surface area (TPSA) is 63.3 Å². The van der Waals surface area contributed by atoms with E-state index >= 15 is 0 Å². The fraction of sp³-hybridized carbons (Fsp3) is 0.562. The summed E-state index contributed by atoms with van der Waals surface area (Å²) in [5.74, 6) is 0.530. The molecule has 0 amide bonds. The fourth-order valence-corrected chi connectivity index (χ4v) is 3.09. The van der Waals surface area contributed by atoms with Crippen molar-refractivity contribution in [2.75, 3.05) is 0 Å². The standard InChI is InChI=1S/C16H23NO2/c1-11-6-8-12(9-7-11)13-4-2-3-5-14(13)15(17)10-16(18)19/h2-5,11-12,15H,6-10,17H2,1H3,(H,18,19). The maximum Gasteiger partial charge on any atom is 0.305 e. The number of carboxylic acids is 1. The zero-order valence-corrected chi connectivity index (χ0v) is 11.5. The van der Waals surface area contributed by atoms with Gasteiger partial charge in [0.1, 0.15) is 0 Å². The quantitative estimate of drug-likeness (QED) is 0.872. The van der Waals surface area contributed by atoms with Crippen molar-refractivity contribution in [1.82, 2.24) is 0 Å². The van der Waals surface area contributed by atoms with Crippen molar-refractivity contribution in [3.63, 3.8) is 0 Å². The van der Waals surface area contributed by atoms with Crippen molar-refractivity contribution < 1.29 is 9.90 Å². The first kappa shape index (κ1) is 14.1. The van der Waals surface area contributed by atoms with Gasteiger partial charge in [-0.05, 0) is 35.8 Å². The summed E-state index contributed by atoms with van der Waals surface area (Å²) in [6.45, 7) is 2.30. The van der Waals surface area contributed by atoms with E-state index in [0.29, 0.717) is 5.92 Å². The number of aliphatic carboxylic acids is 1. The van der Waals surface area contributed by atoms with E-state index in [0.717, 1.165) is 11.5 Å². The van der Waals surface area contributed by atoms with Gasteiger partial charge in [-0.2, -0.15) is 0 Å². The van der Waals surface area contributed by atoms with Crippen LogP contribution in [0, 0.1) is 5.92 Å². The van der Waals surface area contributed by atoms with Gasteiger partial charge in [0.15, 0.2) is 0 Å². The maximum absolute atomic E-state index is 10.8. The van der Waals surface area contributed by atoms with Gasteiger partial charge in [0.2, 0.25) is 0 Å². The molecular weight excluding hydrogens is 238 g/mol. The highest BCUT2D eigenvalue weighted by Gasteiger charge is 2.23. The van der Waals surface area contributed by atoms with Crippen molar-refractivity contribution in [3.8, 4) is 0 Å². The van der Waals surface area contributed by atoms with Crippen LogP contribution in [-0.4, -0.2) is 11.1 Å². The normalized spacial score (nSPS) is 24.9. The molecule has 0 aromatic heterocycles. The van der Waals surface area contributed by atoms with Crippen LogP contribution in [0.25, 0.3) is 0 Å². The van der Waals surface area contributed by atoms with Crippen molar-refractivity contribution in [2.45, 2.75) is 51.0 Å². The second kappa shape index (κ2) is 6.20. The third kappa shape index (κ3) is 3.57. The molecule has 1 saturated carbocycles. The van der Waals surface area contributed by atoms with Gasteiger partial charge in [-0.25, -0.2) is 0 Å². The largest absolute Gasteiger partial charge is 0.481 e. The number of benzene rings is 1. The molecule has 1 aromatic rings. The number of carbonyl (C=O) groups is 1. The minimum atomic E-state index is -0.834. The summed E-state index contributed by atoms with van der Waals surface area (Å²) in [5, 5.41) is 8.90. The molecule has 1 fully saturated rings. The summed E-state index contributed by atoms with van der Waals surface area (Å²) in [6, 6.07) is 7.70. The molecule has 0 radical (unpaired) electrons. The van der Waals surface area contributed by atoms with Crippen LogP contribution in [-0.2, 0) is 4.79 Å². The van der Waals surface area contributed by atoms with E-state index in [1.54, 1.807) is 0 Å². The zero-order valence-electron chi connectivity index (χ0n) is 11.5. The van der Waals surface area contributed by atoms with Gasteiger partial charge in [-0.15, -0.1) is 0 Å². The van der Waals surface area contributed by atoms with Crippen molar-refractivity contribution in [2.24, 2.45) is 11.7 Å². The van der Waals surface area contributed by atoms with Gasteiger partial charge in [-0.3, -0.25) is 4.79 Å². The first-order chi connectivity index (χ1) is 9.08. The lowest BCUT2D eigenvalue weighted by Gasteiger charge is -2.29. The van der Waals surface area contributed by atoms with Gasteiger partial charge >= 0.3 is 5.97 Å². The number of hydrogen-bond donors (Lipinski definition) is 2. The lowest BCUT2D eigenvalue weighted by Crippen LogP contribution is -2.19. The minimum Gasteiger partial charge on any atom is -0.481 e. The molecule has 2 rings (SSSR count). The molecule has 1 atom stereocenters. The molecule has 1 aromatic carbocycles. The number of carboxylic acid groups (broad SMARTS) is 1. The Morgan fingerprint density at radius 3 is 2.58 bits per heavy atom. The van der Waals surface area contributed by atoms with E-state index in [1.807, 2.05) is 18.2 Å². The van der Waals surface area contributed by atoms with Crippen LogP contribution >= 0.6 is 0 Å². The number of hydrogen-bond acceptors (Lipinski definition) is 2. The predicted octanol–water partition coefficient (Wildman–Crippen LogP) is 3.45. The van der Waals surface area contributed by atoms with Crippen LogP contribution in [0.5, 0.6) is 0 Å². The van der Waals surface area contributed by atoms with Crippen molar-refractivity contribution >= 4 is 5.97 Å². The van der Waals surface area contributed by atoms with E-state index in [9.17, 15) is 4.79 Å². The second-order valence-corrected chi connectivity index (χ2v) is 5.79. The van der Waals surface area contributed by atoms with Crippen LogP contribution in [0.15, 0.2) is 24.3 Å². The third-order valence-electron chi connectivity index (χ3n) is 4.25. The van der Waals surface area contributed by atoms with Gasteiger partial charge in [-0.1, -0.05) is 44.0 Å². The Kier molecular flexibility index (Phi) is 4.59. The maximum atomic E-state index is 10.8. The average molecular weight is 261 g/mol. The highest BCUT2D eigenvalue weighted by atomic mass is 16.4. The molecule has 3 heteroatoms. The molecule has 0 heterocycles. The Balaban J connectivity index is 2.18. The Morgan fingerprint density at radius 2 is 1.95 bits per heavy atom. The molecule has 0 spiro atoms. The Morgan fingerprint density at radius 1 is 1.32 bits per heavy atom. The first-order valence-corrected chi connectivity index (χ1v) is 7.14. The Bertz CT molecular complexity index is 436. The highest BCUT2D eigenvalue weighted by molar-refractivity contribution is 5.68. The van der Waals surface area contributed by atoms with Crippen LogP contribution in [0.3, 0.4) is 0 Å². The molecule has 0 aliphatic heterocycles. The van der Waals surface area contributed by atoms with Crippen LogP contribution in [0.4, 0.5) is 0 Å². The summed E-state index contributed by atoms with van der Waals surface area (Å²) in [6.07, 6.45) is 4.90. The molecule has 104 valence electrons. The van der Waals surface area contributed by atoms with Gasteiger partial charge in [0.05, 0.1) is 6.42 Å². The SMILES string of the molecule is CC1CCC(c2ccccc2C(N)CC(=O)O)CC1. The molecule has 19 heavy (non-hydrogen) atoms. The molecule has 3 N–H and O–H groups in total. The molecule has 1 unspecified atom stereocenters. The lowest BCUT2D eigenvalue weighted by molar-refractivity contribution is -0.137. The Hall–Kier alpha value is -1.35. The van der Waals surface area contributed by atoms with E-state index in [-0.39, 0.29) is 6.42 Å². The van der Waals surface area contributed by atoms with E-state index in [1.165, 1.54) is 31.2 Å². The van der Waals surface area contributed by atoms with Crippen molar-refractivity contribution in [3.05, 3.63) is 35.4 Å². The van der Waals surface area contributed by atoms with Gasteiger partial charge in [0.25, 0.3) is 0 Å². The average Bonchev–Trinajstić information content (AvgIpc) is 2.39. The van der Waals surface area contributed by atoms with Gasteiger partial charge in [0, 0.05) is 6.04 Å². The summed E-state index contributed by atoms with van der Waals surface area (Å²) in [7, 11) is 0. The van der Waals surface area contributed by atoms with E-state index in [2.05, 4.69) is 13.0 Å².